The van der Waals surface area contributed by atoms with Crippen LogP contribution in [0.3, 0.4) is 0 Å². The van der Waals surface area contributed by atoms with Crippen molar-refractivity contribution in [2.24, 2.45) is 5.73 Å². The van der Waals surface area contributed by atoms with Crippen molar-refractivity contribution >= 4 is 17.5 Å². The van der Waals surface area contributed by atoms with Crippen molar-refractivity contribution < 1.29 is 14.3 Å². The summed E-state index contributed by atoms with van der Waals surface area (Å²) in [6, 6.07) is 4.78. The number of hydrogen-bond donors (Lipinski definition) is 1. The molecule has 0 fully saturated rings. The molecule has 1 heterocycles. The number of ether oxygens (including phenoxy) is 1. The standard InChI is InChI=1S/C11H12N2O3/c1-6-11(15)13(2)8-4-3-7(10(12)14)5-9(8)16-6/h3-6H,1-2H3,(H2,12,14). The predicted octanol–water partition coefficient (Wildman–Crippen LogP) is 0.529. The minimum atomic E-state index is -0.541. The largest absolute Gasteiger partial charge is 0.479 e. The molecule has 1 aromatic carbocycles. The van der Waals surface area contributed by atoms with E-state index in [2.05, 4.69) is 0 Å². The minimum absolute atomic E-state index is 0.112. The van der Waals surface area contributed by atoms with Crippen molar-refractivity contribution in [3.63, 3.8) is 0 Å². The van der Waals surface area contributed by atoms with Crippen molar-refractivity contribution in [3.05, 3.63) is 23.8 Å². The van der Waals surface area contributed by atoms with Gasteiger partial charge in [-0.15, -0.1) is 0 Å². The first-order valence-corrected chi connectivity index (χ1v) is 4.89. The third kappa shape index (κ3) is 1.50. The Morgan fingerprint density at radius 3 is 2.81 bits per heavy atom. The van der Waals surface area contributed by atoms with Crippen molar-refractivity contribution in [1.82, 2.24) is 0 Å². The molecule has 1 aliphatic rings. The van der Waals surface area contributed by atoms with Gasteiger partial charge in [0.1, 0.15) is 5.75 Å². The lowest BCUT2D eigenvalue weighted by Crippen LogP contribution is -2.42. The average molecular weight is 220 g/mol. The quantitative estimate of drug-likeness (QED) is 0.750. The Labute approximate surface area is 92.8 Å². The second-order valence-electron chi connectivity index (χ2n) is 3.70. The van der Waals surface area contributed by atoms with E-state index in [-0.39, 0.29) is 5.91 Å². The lowest BCUT2D eigenvalue weighted by Gasteiger charge is -2.30. The fourth-order valence-corrected chi connectivity index (χ4v) is 1.67. The Bertz CT molecular complexity index is 470. The van der Waals surface area contributed by atoms with Crippen molar-refractivity contribution in [3.8, 4) is 5.75 Å². The second kappa shape index (κ2) is 3.52. The molecule has 0 spiro atoms. The van der Waals surface area contributed by atoms with Gasteiger partial charge in [-0.1, -0.05) is 0 Å². The molecule has 2 amide bonds. The normalized spacial score (nSPS) is 19.0. The van der Waals surface area contributed by atoms with E-state index in [1.54, 1.807) is 32.2 Å². The van der Waals surface area contributed by atoms with E-state index in [0.29, 0.717) is 17.0 Å². The Balaban J connectivity index is 2.49. The second-order valence-corrected chi connectivity index (χ2v) is 3.70. The number of nitrogens with zero attached hydrogens (tertiary/aromatic N) is 1. The summed E-state index contributed by atoms with van der Waals surface area (Å²) >= 11 is 0. The predicted molar refractivity (Wildman–Crippen MR) is 58.5 cm³/mol. The molecule has 16 heavy (non-hydrogen) atoms. The van der Waals surface area contributed by atoms with Crippen LogP contribution in [0.4, 0.5) is 5.69 Å². The summed E-state index contributed by atoms with van der Waals surface area (Å²) in [7, 11) is 1.67. The minimum Gasteiger partial charge on any atom is -0.479 e. The Hall–Kier alpha value is -2.04. The number of carbonyl (C=O) groups excluding carboxylic acids is 2. The van der Waals surface area contributed by atoms with Crippen LogP contribution in [0.2, 0.25) is 0 Å². The van der Waals surface area contributed by atoms with Gasteiger partial charge in [0.25, 0.3) is 5.91 Å². The first-order chi connectivity index (χ1) is 7.50. The van der Waals surface area contributed by atoms with E-state index < -0.39 is 12.0 Å². The Kier molecular flexibility index (Phi) is 2.30. The maximum absolute atomic E-state index is 11.6. The average Bonchev–Trinajstić information content (AvgIpc) is 2.25. The number of hydrogen-bond acceptors (Lipinski definition) is 3. The monoisotopic (exact) mass is 220 g/mol. The maximum Gasteiger partial charge on any atom is 0.267 e. The van der Waals surface area contributed by atoms with Crippen LogP contribution in [0.25, 0.3) is 0 Å². The van der Waals surface area contributed by atoms with Gasteiger partial charge in [-0.3, -0.25) is 9.59 Å². The highest BCUT2D eigenvalue weighted by Crippen LogP contribution is 2.33. The molecule has 0 saturated carbocycles. The van der Waals surface area contributed by atoms with Crippen LogP contribution in [0.5, 0.6) is 5.75 Å². The molecule has 0 aliphatic carbocycles. The molecule has 0 radical (unpaired) electrons. The molecule has 0 aromatic heterocycles. The van der Waals surface area contributed by atoms with Crippen molar-refractivity contribution in [2.75, 3.05) is 11.9 Å². The first kappa shape index (κ1) is 10.5. The summed E-state index contributed by atoms with van der Waals surface area (Å²) in [5.74, 6) is -0.121. The first-order valence-electron chi connectivity index (χ1n) is 4.89. The zero-order valence-corrected chi connectivity index (χ0v) is 9.06. The number of likely N-dealkylation sites (N-methyl/N-ethyl adjacent to an activating group) is 1. The molecule has 0 bridgehead atoms. The number of rotatable bonds is 1. The highest BCUT2D eigenvalue weighted by Gasteiger charge is 2.29. The highest BCUT2D eigenvalue weighted by molar-refractivity contribution is 6.01. The van der Waals surface area contributed by atoms with Crippen molar-refractivity contribution in [1.29, 1.82) is 0 Å². The fraction of sp³-hybridized carbons (Fsp3) is 0.273. The molecule has 1 aromatic rings. The zero-order chi connectivity index (χ0) is 11.9. The van der Waals surface area contributed by atoms with Crippen LogP contribution in [0.15, 0.2) is 18.2 Å². The molecule has 5 heteroatoms. The molecule has 2 N–H and O–H groups in total. The third-order valence-electron chi connectivity index (χ3n) is 2.59. The van der Waals surface area contributed by atoms with Gasteiger partial charge in [0.2, 0.25) is 5.91 Å². The summed E-state index contributed by atoms with van der Waals surface area (Å²) in [6.45, 7) is 1.67. The molecule has 1 atom stereocenters. The van der Waals surface area contributed by atoms with Gasteiger partial charge in [0.05, 0.1) is 5.69 Å². The van der Waals surface area contributed by atoms with Crippen molar-refractivity contribution in [2.45, 2.75) is 13.0 Å². The van der Waals surface area contributed by atoms with E-state index in [9.17, 15) is 9.59 Å². The number of carbonyl (C=O) groups is 2. The fourth-order valence-electron chi connectivity index (χ4n) is 1.67. The van der Waals surface area contributed by atoms with Gasteiger partial charge < -0.3 is 15.4 Å². The van der Waals surface area contributed by atoms with Crippen LogP contribution in [0, 0.1) is 0 Å². The molecule has 5 nitrogen and oxygen atoms in total. The lowest BCUT2D eigenvalue weighted by molar-refractivity contribution is -0.125. The molecule has 2 rings (SSSR count). The lowest BCUT2D eigenvalue weighted by atomic mass is 10.1. The van der Waals surface area contributed by atoms with Gasteiger partial charge in [-0.2, -0.15) is 0 Å². The van der Waals surface area contributed by atoms with E-state index in [4.69, 9.17) is 10.5 Å². The van der Waals surface area contributed by atoms with E-state index in [1.807, 2.05) is 0 Å². The van der Waals surface area contributed by atoms with Gasteiger partial charge in [-0.25, -0.2) is 0 Å². The van der Waals surface area contributed by atoms with Gasteiger partial charge in [-0.05, 0) is 25.1 Å². The zero-order valence-electron chi connectivity index (χ0n) is 9.06. The number of anilines is 1. The van der Waals surface area contributed by atoms with E-state index in [1.165, 1.54) is 4.90 Å². The van der Waals surface area contributed by atoms with Gasteiger partial charge >= 0.3 is 0 Å². The Morgan fingerprint density at radius 2 is 2.19 bits per heavy atom. The van der Waals surface area contributed by atoms with E-state index >= 15 is 0 Å². The number of amides is 2. The SMILES string of the molecule is CC1Oc2cc(C(N)=O)ccc2N(C)C1=O. The van der Waals surface area contributed by atoms with Crippen LogP contribution in [0.1, 0.15) is 17.3 Å². The number of primary amides is 1. The Morgan fingerprint density at radius 1 is 1.50 bits per heavy atom. The molecule has 1 aliphatic heterocycles. The smallest absolute Gasteiger partial charge is 0.267 e. The summed E-state index contributed by atoms with van der Waals surface area (Å²) in [5.41, 5.74) is 6.18. The summed E-state index contributed by atoms with van der Waals surface area (Å²) in [5, 5.41) is 0. The topological polar surface area (TPSA) is 72.6 Å². The van der Waals surface area contributed by atoms with E-state index in [0.717, 1.165) is 0 Å². The molecule has 84 valence electrons. The summed E-state index contributed by atoms with van der Waals surface area (Å²) in [4.78, 5) is 24.1. The van der Waals surface area contributed by atoms with Crippen LogP contribution < -0.4 is 15.4 Å². The molecule has 0 saturated heterocycles. The number of benzene rings is 1. The van der Waals surface area contributed by atoms with Crippen LogP contribution in [-0.2, 0) is 4.79 Å². The number of fused-ring (bicyclic) bond motifs is 1. The van der Waals surface area contributed by atoms with Crippen LogP contribution >= 0.6 is 0 Å². The summed E-state index contributed by atoms with van der Waals surface area (Å²) in [6.07, 6.45) is -0.541. The molecular formula is C11H12N2O3. The molecule has 1 unspecified atom stereocenters. The summed E-state index contributed by atoms with van der Waals surface area (Å²) < 4.78 is 5.41. The van der Waals surface area contributed by atoms with Gasteiger partial charge in [0, 0.05) is 12.6 Å². The van der Waals surface area contributed by atoms with Crippen LogP contribution in [-0.4, -0.2) is 25.0 Å². The molecular weight excluding hydrogens is 208 g/mol. The number of nitrogens with two attached hydrogens (primary N) is 1. The third-order valence-corrected chi connectivity index (χ3v) is 2.59. The highest BCUT2D eigenvalue weighted by atomic mass is 16.5. The van der Waals surface area contributed by atoms with Gasteiger partial charge in [0.15, 0.2) is 6.10 Å². The maximum atomic E-state index is 11.6.